The van der Waals surface area contributed by atoms with Gasteiger partial charge in [-0.3, -0.25) is 19.2 Å². The number of carboxylic acids is 1. The summed E-state index contributed by atoms with van der Waals surface area (Å²) in [6, 6.07) is 4.54. The summed E-state index contributed by atoms with van der Waals surface area (Å²) in [5.41, 5.74) is 12.7. The highest BCUT2D eigenvalue weighted by Crippen LogP contribution is 2.20. The number of carbonyl (C=O) groups is 5. The predicted octanol–water partition coefficient (Wildman–Crippen LogP) is -1.56. The topological polar surface area (TPSA) is 214 Å². The number of rotatable bonds is 12. The van der Waals surface area contributed by atoms with Crippen molar-refractivity contribution in [3.63, 3.8) is 0 Å². The van der Waals surface area contributed by atoms with Gasteiger partial charge in [0, 0.05) is 24.9 Å². The van der Waals surface area contributed by atoms with Crippen LogP contribution in [0.25, 0.3) is 0 Å². The number of benzene rings is 1. The zero-order valence-electron chi connectivity index (χ0n) is 20.1. The van der Waals surface area contributed by atoms with E-state index in [1.54, 1.807) is 0 Å². The first-order valence-corrected chi connectivity index (χ1v) is 11.8. The maximum absolute atomic E-state index is 13.3. The van der Waals surface area contributed by atoms with E-state index in [1.165, 1.54) is 17.4 Å². The number of nitrogens with one attached hydrogen (secondary N) is 3. The molecule has 0 bridgehead atoms. The van der Waals surface area contributed by atoms with Crippen LogP contribution < -0.4 is 22.1 Å². The van der Waals surface area contributed by atoms with E-state index in [1.807, 2.05) is 30.3 Å². The molecule has 4 atom stereocenters. The lowest BCUT2D eigenvalue weighted by Gasteiger charge is -2.29. The number of carboxylic acid groups (broad SMARTS) is 1. The molecule has 1 aliphatic heterocycles. The molecular weight excluding hydrogens is 482 g/mol. The van der Waals surface area contributed by atoms with Crippen molar-refractivity contribution in [3.8, 4) is 0 Å². The Bertz CT molecular complexity index is 1110. The van der Waals surface area contributed by atoms with Gasteiger partial charge in [-0.05, 0) is 24.8 Å². The number of imidazole rings is 1. The summed E-state index contributed by atoms with van der Waals surface area (Å²) in [6.45, 7) is 0.191. The fourth-order valence-corrected chi connectivity index (χ4v) is 4.23. The fourth-order valence-electron chi connectivity index (χ4n) is 4.23. The summed E-state index contributed by atoms with van der Waals surface area (Å²) in [4.78, 5) is 70.3. The fraction of sp³-hybridized carbons (Fsp3) is 0.417. The zero-order valence-corrected chi connectivity index (χ0v) is 20.1. The van der Waals surface area contributed by atoms with E-state index < -0.39 is 60.2 Å². The molecule has 1 fully saturated rings. The Morgan fingerprint density at radius 1 is 1.11 bits per heavy atom. The Balaban J connectivity index is 1.67. The molecule has 8 N–H and O–H groups in total. The number of hydrogen-bond donors (Lipinski definition) is 6. The van der Waals surface area contributed by atoms with E-state index in [-0.39, 0.29) is 19.4 Å². The number of hydrogen-bond acceptors (Lipinski definition) is 7. The Morgan fingerprint density at radius 3 is 2.46 bits per heavy atom. The summed E-state index contributed by atoms with van der Waals surface area (Å²) < 4.78 is 0. The molecule has 3 rings (SSSR count). The first-order valence-electron chi connectivity index (χ1n) is 11.8. The molecule has 2 aromatic rings. The van der Waals surface area contributed by atoms with Crippen LogP contribution in [0.5, 0.6) is 0 Å². The molecule has 1 aromatic heterocycles. The second-order valence-electron chi connectivity index (χ2n) is 8.90. The minimum absolute atomic E-state index is 0.0264. The van der Waals surface area contributed by atoms with E-state index in [2.05, 4.69) is 20.6 Å². The molecule has 0 spiro atoms. The van der Waals surface area contributed by atoms with Crippen molar-refractivity contribution in [2.75, 3.05) is 6.54 Å². The molecule has 198 valence electrons. The minimum Gasteiger partial charge on any atom is -0.480 e. The normalized spacial score (nSPS) is 17.4. The quantitative estimate of drug-likeness (QED) is 0.195. The van der Waals surface area contributed by atoms with Gasteiger partial charge in [0.15, 0.2) is 0 Å². The van der Waals surface area contributed by atoms with Gasteiger partial charge in [-0.15, -0.1) is 0 Å². The summed E-state index contributed by atoms with van der Waals surface area (Å²) in [5, 5.41) is 14.5. The summed E-state index contributed by atoms with van der Waals surface area (Å²) in [6.07, 6.45) is 3.32. The molecule has 1 saturated heterocycles. The van der Waals surface area contributed by atoms with Gasteiger partial charge in [-0.25, -0.2) is 9.78 Å². The third-order valence-corrected chi connectivity index (χ3v) is 6.09. The number of nitrogens with two attached hydrogens (primary N) is 2. The molecule has 13 heteroatoms. The molecule has 13 nitrogen and oxygen atoms in total. The van der Waals surface area contributed by atoms with Gasteiger partial charge in [0.2, 0.25) is 23.6 Å². The first kappa shape index (κ1) is 27.3. The van der Waals surface area contributed by atoms with Crippen LogP contribution in [0.3, 0.4) is 0 Å². The number of nitrogens with zero attached hydrogens (tertiary/aromatic N) is 2. The van der Waals surface area contributed by atoms with Crippen LogP contribution in [-0.2, 0) is 36.8 Å². The lowest BCUT2D eigenvalue weighted by molar-refractivity contribution is -0.145. The van der Waals surface area contributed by atoms with Crippen LogP contribution in [0.4, 0.5) is 0 Å². The van der Waals surface area contributed by atoms with Crippen LogP contribution >= 0.6 is 0 Å². The van der Waals surface area contributed by atoms with Gasteiger partial charge in [-0.1, -0.05) is 30.3 Å². The molecule has 0 saturated carbocycles. The molecule has 4 amide bonds. The van der Waals surface area contributed by atoms with Crippen LogP contribution in [0, 0.1) is 0 Å². The second-order valence-corrected chi connectivity index (χ2v) is 8.90. The van der Waals surface area contributed by atoms with E-state index in [9.17, 15) is 29.1 Å². The van der Waals surface area contributed by atoms with Gasteiger partial charge in [0.25, 0.3) is 0 Å². The smallest absolute Gasteiger partial charge is 0.326 e. The lowest BCUT2D eigenvalue weighted by Crippen LogP contribution is -2.57. The number of amides is 4. The Labute approximate surface area is 213 Å². The van der Waals surface area contributed by atoms with Crippen molar-refractivity contribution in [1.29, 1.82) is 0 Å². The van der Waals surface area contributed by atoms with Gasteiger partial charge in [0.1, 0.15) is 18.1 Å². The van der Waals surface area contributed by atoms with Gasteiger partial charge < -0.3 is 37.1 Å². The highest BCUT2D eigenvalue weighted by Gasteiger charge is 2.39. The Hall–Kier alpha value is -4.26. The monoisotopic (exact) mass is 513 g/mol. The summed E-state index contributed by atoms with van der Waals surface area (Å²) >= 11 is 0. The average Bonchev–Trinajstić information content (AvgIpc) is 3.55. The van der Waals surface area contributed by atoms with E-state index in [0.29, 0.717) is 18.5 Å². The van der Waals surface area contributed by atoms with E-state index >= 15 is 0 Å². The highest BCUT2D eigenvalue weighted by molar-refractivity contribution is 5.96. The number of aliphatic carboxylic acids is 1. The van der Waals surface area contributed by atoms with Gasteiger partial charge in [0.05, 0.1) is 18.8 Å². The number of aromatic amines is 1. The van der Waals surface area contributed by atoms with Crippen molar-refractivity contribution in [1.82, 2.24) is 25.5 Å². The summed E-state index contributed by atoms with van der Waals surface area (Å²) in [7, 11) is 0. The second kappa shape index (κ2) is 12.6. The van der Waals surface area contributed by atoms with Crippen molar-refractivity contribution < 1.29 is 29.1 Å². The van der Waals surface area contributed by atoms with E-state index in [0.717, 1.165) is 5.56 Å². The SMILES string of the molecule is NC(=O)CC(NC(=O)C(N)Cc1ccccc1)C(=O)N1CCCC1C(=O)NC(Cc1cnc[nH]1)C(=O)O. The van der Waals surface area contributed by atoms with Crippen molar-refractivity contribution in [3.05, 3.63) is 54.1 Å². The molecule has 0 aliphatic carbocycles. The number of likely N-dealkylation sites (tertiary alicyclic amines) is 1. The molecule has 4 unspecified atom stereocenters. The zero-order chi connectivity index (χ0) is 26.9. The van der Waals surface area contributed by atoms with Crippen LogP contribution in [-0.4, -0.2) is 80.3 Å². The highest BCUT2D eigenvalue weighted by atomic mass is 16.4. The maximum atomic E-state index is 13.3. The Kier molecular flexibility index (Phi) is 9.33. The molecule has 1 aromatic carbocycles. The van der Waals surface area contributed by atoms with Crippen LogP contribution in [0.2, 0.25) is 0 Å². The largest absolute Gasteiger partial charge is 0.480 e. The Morgan fingerprint density at radius 2 is 1.84 bits per heavy atom. The van der Waals surface area contributed by atoms with Crippen LogP contribution in [0.15, 0.2) is 42.9 Å². The lowest BCUT2D eigenvalue weighted by atomic mass is 10.0. The molecule has 0 radical (unpaired) electrons. The third kappa shape index (κ3) is 7.61. The van der Waals surface area contributed by atoms with Crippen molar-refractivity contribution in [2.24, 2.45) is 11.5 Å². The number of aromatic nitrogens is 2. The predicted molar refractivity (Wildman–Crippen MR) is 130 cm³/mol. The van der Waals surface area contributed by atoms with E-state index in [4.69, 9.17) is 11.5 Å². The molecular formula is C24H31N7O6. The molecule has 2 heterocycles. The molecule has 1 aliphatic rings. The van der Waals surface area contributed by atoms with Crippen molar-refractivity contribution in [2.45, 2.75) is 56.3 Å². The van der Waals surface area contributed by atoms with Crippen molar-refractivity contribution >= 4 is 29.6 Å². The van der Waals surface area contributed by atoms with Gasteiger partial charge >= 0.3 is 5.97 Å². The first-order chi connectivity index (χ1) is 17.7. The number of H-pyrrole nitrogens is 1. The average molecular weight is 514 g/mol. The van der Waals surface area contributed by atoms with Crippen LogP contribution in [0.1, 0.15) is 30.5 Å². The molecule has 37 heavy (non-hydrogen) atoms. The van der Waals surface area contributed by atoms with Gasteiger partial charge in [-0.2, -0.15) is 0 Å². The maximum Gasteiger partial charge on any atom is 0.326 e. The summed E-state index contributed by atoms with van der Waals surface area (Å²) in [5.74, 6) is -4.03. The number of carbonyl (C=O) groups excluding carboxylic acids is 4. The minimum atomic E-state index is -1.32. The standard InChI is InChI=1S/C24H31N7O6/c25-16(9-14-5-2-1-3-6-14)21(33)29-17(11-20(26)32)23(35)31-8-4-7-19(31)22(34)30-18(24(36)37)10-15-12-27-13-28-15/h1-3,5-6,12-13,16-19H,4,7-11,25H2,(H2,26,32)(H,27,28)(H,29,33)(H,30,34)(H,36,37). The third-order valence-electron chi connectivity index (χ3n) is 6.09. The number of primary amides is 1.